The molecule has 94 valence electrons. The monoisotopic (exact) mass is 232 g/mol. The average molecular weight is 232 g/mol. The Hall–Kier alpha value is -1.30. The van der Waals surface area contributed by atoms with E-state index in [2.05, 4.69) is 10.6 Å². The van der Waals surface area contributed by atoms with Crippen molar-refractivity contribution in [3.05, 3.63) is 0 Å². The van der Waals surface area contributed by atoms with E-state index < -0.39 is 5.97 Å². The predicted octanol–water partition coefficient (Wildman–Crippen LogP) is 0.431. The molecule has 0 fully saturated rings. The number of aliphatic carboxylic acids is 1. The topological polar surface area (TPSA) is 87.7 Å². The van der Waals surface area contributed by atoms with Crippen LogP contribution in [0.5, 0.6) is 0 Å². The van der Waals surface area contributed by atoms with Gasteiger partial charge in [0.2, 0.25) is 0 Å². The zero-order chi connectivity index (χ0) is 12.6. The van der Waals surface area contributed by atoms with Crippen molar-refractivity contribution in [2.45, 2.75) is 26.3 Å². The molecule has 1 unspecified atom stereocenters. The second kappa shape index (κ2) is 7.92. The maximum Gasteiger partial charge on any atom is 0.315 e. The fourth-order valence-corrected chi connectivity index (χ4v) is 1.08. The van der Waals surface area contributed by atoms with Gasteiger partial charge in [0, 0.05) is 13.7 Å². The molecule has 0 spiro atoms. The van der Waals surface area contributed by atoms with Gasteiger partial charge in [0.25, 0.3) is 0 Å². The van der Waals surface area contributed by atoms with Gasteiger partial charge in [-0.3, -0.25) is 4.79 Å². The van der Waals surface area contributed by atoms with Crippen molar-refractivity contribution in [2.24, 2.45) is 5.92 Å². The van der Waals surface area contributed by atoms with E-state index in [4.69, 9.17) is 9.84 Å². The Kier molecular flexibility index (Phi) is 7.28. The van der Waals surface area contributed by atoms with E-state index in [1.807, 2.05) is 13.8 Å². The third kappa shape index (κ3) is 7.05. The fraction of sp³-hybridized carbons (Fsp3) is 0.800. The minimum atomic E-state index is -0.933. The molecule has 1 atom stereocenters. The van der Waals surface area contributed by atoms with E-state index in [0.29, 0.717) is 6.61 Å². The van der Waals surface area contributed by atoms with E-state index in [1.54, 1.807) is 7.11 Å². The molecule has 6 nitrogen and oxygen atoms in total. The van der Waals surface area contributed by atoms with Gasteiger partial charge in [0.15, 0.2) is 0 Å². The van der Waals surface area contributed by atoms with Crippen LogP contribution in [0.4, 0.5) is 4.79 Å². The third-order valence-electron chi connectivity index (χ3n) is 2.09. The molecule has 6 heteroatoms. The zero-order valence-corrected chi connectivity index (χ0v) is 9.95. The van der Waals surface area contributed by atoms with Gasteiger partial charge in [-0.25, -0.2) is 4.79 Å². The molecule has 2 amide bonds. The Morgan fingerprint density at radius 2 is 2.00 bits per heavy atom. The predicted molar refractivity (Wildman–Crippen MR) is 59.3 cm³/mol. The zero-order valence-electron chi connectivity index (χ0n) is 9.95. The van der Waals surface area contributed by atoms with Crippen molar-refractivity contribution in [1.29, 1.82) is 0 Å². The van der Waals surface area contributed by atoms with Gasteiger partial charge in [-0.1, -0.05) is 13.8 Å². The minimum Gasteiger partial charge on any atom is -0.481 e. The van der Waals surface area contributed by atoms with Crippen molar-refractivity contribution in [2.75, 3.05) is 20.3 Å². The highest BCUT2D eigenvalue weighted by Crippen LogP contribution is 2.01. The molecule has 0 radical (unpaired) electrons. The van der Waals surface area contributed by atoms with Crippen molar-refractivity contribution in [1.82, 2.24) is 10.6 Å². The summed E-state index contributed by atoms with van der Waals surface area (Å²) in [6.07, 6.45) is -0.0793. The lowest BCUT2D eigenvalue weighted by Gasteiger charge is -2.21. The first kappa shape index (κ1) is 14.7. The summed E-state index contributed by atoms with van der Waals surface area (Å²) in [6.45, 7) is 4.51. The highest BCUT2D eigenvalue weighted by Gasteiger charge is 2.15. The number of carbonyl (C=O) groups is 2. The van der Waals surface area contributed by atoms with Crippen LogP contribution >= 0.6 is 0 Å². The largest absolute Gasteiger partial charge is 0.481 e. The van der Waals surface area contributed by atoms with Gasteiger partial charge in [-0.2, -0.15) is 0 Å². The number of nitrogens with one attached hydrogen (secondary N) is 2. The van der Waals surface area contributed by atoms with Crippen LogP contribution in [0.15, 0.2) is 0 Å². The summed E-state index contributed by atoms with van der Waals surface area (Å²) in [4.78, 5) is 21.6. The van der Waals surface area contributed by atoms with Crippen molar-refractivity contribution >= 4 is 12.0 Å². The first-order valence-corrected chi connectivity index (χ1v) is 5.22. The lowest BCUT2D eigenvalue weighted by Crippen LogP contribution is -2.47. The molecule has 0 aromatic heterocycles. The molecular weight excluding hydrogens is 212 g/mol. The molecular formula is C10H20N2O4. The highest BCUT2D eigenvalue weighted by molar-refractivity contribution is 5.75. The molecule has 0 bridgehead atoms. The Bertz CT molecular complexity index is 231. The van der Waals surface area contributed by atoms with E-state index in [9.17, 15) is 9.59 Å². The smallest absolute Gasteiger partial charge is 0.315 e. The summed E-state index contributed by atoms with van der Waals surface area (Å²) in [7, 11) is 1.57. The quantitative estimate of drug-likeness (QED) is 0.594. The van der Waals surface area contributed by atoms with E-state index >= 15 is 0 Å². The molecule has 3 N–H and O–H groups in total. The van der Waals surface area contributed by atoms with E-state index in [-0.39, 0.29) is 31.0 Å². The molecule has 0 aliphatic heterocycles. The molecule has 0 aromatic carbocycles. The number of ether oxygens (including phenoxy) is 1. The Morgan fingerprint density at radius 3 is 2.44 bits per heavy atom. The second-order valence-corrected chi connectivity index (χ2v) is 3.85. The number of rotatable bonds is 7. The number of carboxylic acid groups (broad SMARTS) is 1. The number of urea groups is 1. The molecule has 0 saturated carbocycles. The Labute approximate surface area is 95.4 Å². The SMILES string of the molecule is COCC(NC(=O)NCCC(=O)O)C(C)C. The van der Waals surface area contributed by atoms with Gasteiger partial charge in [-0.15, -0.1) is 0 Å². The summed E-state index contributed by atoms with van der Waals surface area (Å²) < 4.78 is 4.97. The summed E-state index contributed by atoms with van der Waals surface area (Å²) >= 11 is 0. The molecule has 0 rings (SSSR count). The third-order valence-corrected chi connectivity index (χ3v) is 2.09. The van der Waals surface area contributed by atoms with Gasteiger partial charge in [0.1, 0.15) is 0 Å². The van der Waals surface area contributed by atoms with E-state index in [1.165, 1.54) is 0 Å². The lowest BCUT2D eigenvalue weighted by molar-refractivity contribution is -0.136. The summed E-state index contributed by atoms with van der Waals surface area (Å²) in [5.74, 6) is -0.678. The van der Waals surface area contributed by atoms with Gasteiger partial charge >= 0.3 is 12.0 Å². The first-order valence-electron chi connectivity index (χ1n) is 5.22. The standard InChI is InChI=1S/C10H20N2O4/c1-7(2)8(6-16-3)12-10(15)11-5-4-9(13)14/h7-8H,4-6H2,1-3H3,(H,13,14)(H2,11,12,15). The minimum absolute atomic E-state index is 0.0742. The fourth-order valence-electron chi connectivity index (χ4n) is 1.08. The van der Waals surface area contributed by atoms with Crippen molar-refractivity contribution < 1.29 is 19.4 Å². The van der Waals surface area contributed by atoms with Crippen LogP contribution < -0.4 is 10.6 Å². The summed E-state index contributed by atoms with van der Waals surface area (Å²) in [5.41, 5.74) is 0. The van der Waals surface area contributed by atoms with Crippen LogP contribution in [-0.2, 0) is 9.53 Å². The molecule has 0 aliphatic rings. The van der Waals surface area contributed by atoms with Gasteiger partial charge < -0.3 is 20.5 Å². The van der Waals surface area contributed by atoms with Gasteiger partial charge in [0.05, 0.1) is 19.1 Å². The highest BCUT2D eigenvalue weighted by atomic mass is 16.5. The Balaban J connectivity index is 3.86. The van der Waals surface area contributed by atoms with Crippen LogP contribution in [0, 0.1) is 5.92 Å². The van der Waals surface area contributed by atoms with Crippen molar-refractivity contribution in [3.8, 4) is 0 Å². The normalized spacial score (nSPS) is 12.2. The summed E-state index contributed by atoms with van der Waals surface area (Å²) in [6, 6.07) is -0.438. The van der Waals surface area contributed by atoms with Gasteiger partial charge in [-0.05, 0) is 5.92 Å². The maximum absolute atomic E-state index is 11.3. The number of hydrogen-bond donors (Lipinski definition) is 3. The van der Waals surface area contributed by atoms with E-state index in [0.717, 1.165) is 0 Å². The number of carbonyl (C=O) groups excluding carboxylic acids is 1. The van der Waals surface area contributed by atoms with Crippen LogP contribution in [0.2, 0.25) is 0 Å². The lowest BCUT2D eigenvalue weighted by atomic mass is 10.1. The molecule has 0 saturated heterocycles. The number of amides is 2. The van der Waals surface area contributed by atoms with Crippen molar-refractivity contribution in [3.63, 3.8) is 0 Å². The second-order valence-electron chi connectivity index (χ2n) is 3.85. The summed E-state index contributed by atoms with van der Waals surface area (Å²) in [5, 5.41) is 13.6. The van der Waals surface area contributed by atoms with Crippen LogP contribution in [0.3, 0.4) is 0 Å². The average Bonchev–Trinajstić information content (AvgIpc) is 2.16. The van der Waals surface area contributed by atoms with Crippen LogP contribution in [0.1, 0.15) is 20.3 Å². The maximum atomic E-state index is 11.3. The molecule has 0 aliphatic carbocycles. The molecule has 16 heavy (non-hydrogen) atoms. The molecule has 0 heterocycles. The first-order chi connectivity index (χ1) is 7.47. The number of methoxy groups -OCH3 is 1. The molecule has 0 aromatic rings. The van der Waals surface area contributed by atoms with Crippen LogP contribution in [-0.4, -0.2) is 43.4 Å². The number of carboxylic acids is 1. The van der Waals surface area contributed by atoms with Crippen LogP contribution in [0.25, 0.3) is 0 Å². The number of hydrogen-bond acceptors (Lipinski definition) is 3. The Morgan fingerprint density at radius 1 is 1.38 bits per heavy atom.